The molecular weight excluding hydrogens is 682 g/mol. The van der Waals surface area contributed by atoms with Crippen LogP contribution in [-0.2, 0) is 39.6 Å². The zero-order chi connectivity index (χ0) is 35.5. The number of nitrogens with zero attached hydrogens (tertiary/aromatic N) is 6. The van der Waals surface area contributed by atoms with Crippen molar-refractivity contribution in [3.05, 3.63) is 107 Å². The van der Waals surface area contributed by atoms with E-state index in [-0.39, 0.29) is 35.8 Å². The molecule has 4 aromatic rings. The van der Waals surface area contributed by atoms with Gasteiger partial charge in [-0.25, -0.2) is 15.0 Å². The summed E-state index contributed by atoms with van der Waals surface area (Å²) in [5, 5.41) is 12.6. The van der Waals surface area contributed by atoms with E-state index in [4.69, 9.17) is 19.9 Å². The number of amides is 1. The average molecular weight is 724 g/mol. The fourth-order valence-electron chi connectivity index (χ4n) is 6.62. The van der Waals surface area contributed by atoms with E-state index < -0.39 is 5.97 Å². The summed E-state index contributed by atoms with van der Waals surface area (Å²) in [6.45, 7) is 17.5. The Labute approximate surface area is 308 Å². The first-order valence-corrected chi connectivity index (χ1v) is 16.8. The summed E-state index contributed by atoms with van der Waals surface area (Å²) in [7, 11) is 0. The predicted molar refractivity (Wildman–Crippen MR) is 199 cm³/mol. The number of carboxylic acid groups (broad SMARTS) is 1. The first-order valence-electron chi connectivity index (χ1n) is 16.8. The zero-order valence-corrected chi connectivity index (χ0v) is 30.5. The smallest absolute Gasteiger partial charge is 0.657 e. The summed E-state index contributed by atoms with van der Waals surface area (Å²) in [4.78, 5) is 48.8. The van der Waals surface area contributed by atoms with Gasteiger partial charge in [0.15, 0.2) is 0 Å². The van der Waals surface area contributed by atoms with Crippen molar-refractivity contribution in [2.75, 3.05) is 6.54 Å². The van der Waals surface area contributed by atoms with Crippen molar-refractivity contribution in [2.45, 2.75) is 66.3 Å². The van der Waals surface area contributed by atoms with Crippen LogP contribution in [0.25, 0.3) is 50.4 Å². The molecule has 10 nitrogen and oxygen atoms in total. The van der Waals surface area contributed by atoms with Crippen LogP contribution in [0.2, 0.25) is 0 Å². The van der Waals surface area contributed by atoms with Crippen LogP contribution in [0.1, 0.15) is 84.6 Å². The van der Waals surface area contributed by atoms with Crippen LogP contribution in [0, 0.1) is 13.8 Å². The van der Waals surface area contributed by atoms with Gasteiger partial charge in [0.1, 0.15) is 0 Å². The molecule has 0 aliphatic carbocycles. The Morgan fingerprint density at radius 1 is 0.843 bits per heavy atom. The molecule has 0 spiro atoms. The van der Waals surface area contributed by atoms with Crippen LogP contribution < -0.4 is 15.3 Å². The van der Waals surface area contributed by atoms with Crippen molar-refractivity contribution < 1.29 is 31.8 Å². The van der Waals surface area contributed by atoms with Gasteiger partial charge in [-0.1, -0.05) is 66.3 Å². The summed E-state index contributed by atoms with van der Waals surface area (Å²) in [5.41, 5.74) is 13.3. The number of allylic oxidation sites excluding steroid dienone is 5. The van der Waals surface area contributed by atoms with Gasteiger partial charge in [-0.05, 0) is 69.2 Å². The van der Waals surface area contributed by atoms with Gasteiger partial charge < -0.3 is 25.0 Å². The molecule has 1 amide bonds. The molecular formula is C40H41FeN7O3. The molecule has 0 saturated heterocycles. The number of aromatic nitrogens is 6. The first kappa shape index (κ1) is 37.0. The molecule has 262 valence electrons. The van der Waals surface area contributed by atoms with Crippen LogP contribution in [0.3, 0.4) is 0 Å². The molecule has 0 atom stereocenters. The maximum absolute atomic E-state index is 13.0. The third kappa shape index (κ3) is 7.75. The molecule has 8 bridgehead atoms. The number of aliphatic carboxylic acids is 1. The van der Waals surface area contributed by atoms with E-state index in [1.807, 2.05) is 74.9 Å². The molecule has 0 fully saturated rings. The number of rotatable bonds is 12. The van der Waals surface area contributed by atoms with Gasteiger partial charge in [-0.2, -0.15) is 0 Å². The van der Waals surface area contributed by atoms with Crippen molar-refractivity contribution in [1.82, 2.24) is 34.8 Å². The van der Waals surface area contributed by atoms with Crippen molar-refractivity contribution in [3.63, 3.8) is 0 Å². The van der Waals surface area contributed by atoms with Gasteiger partial charge in [0.25, 0.3) is 0 Å². The van der Waals surface area contributed by atoms with Gasteiger partial charge >= 0.3 is 23.0 Å². The summed E-state index contributed by atoms with van der Waals surface area (Å²) in [6.07, 6.45) is 10.9. The Bertz CT molecular complexity index is 2250. The number of carbonyl (C=O) groups excluding carboxylic acids is 1. The second-order valence-corrected chi connectivity index (χ2v) is 12.7. The number of nitrogens with one attached hydrogen (secondary N) is 1. The van der Waals surface area contributed by atoms with Crippen molar-refractivity contribution in [3.8, 4) is 0 Å². The molecule has 6 heterocycles. The van der Waals surface area contributed by atoms with E-state index in [0.717, 1.165) is 91.1 Å². The summed E-state index contributed by atoms with van der Waals surface area (Å²) >= 11 is 0. The largest absolute Gasteiger partial charge is 2.00 e. The number of hydrogen-bond donors (Lipinski definition) is 2. The summed E-state index contributed by atoms with van der Waals surface area (Å²) in [5.74, 6) is -0.916. The minimum atomic E-state index is -0.879. The van der Waals surface area contributed by atoms with Crippen molar-refractivity contribution in [2.24, 2.45) is 0 Å². The first-order chi connectivity index (χ1) is 24.1. The topological polar surface area (TPSA) is 138 Å². The Kier molecular flexibility index (Phi) is 11.4. The van der Waals surface area contributed by atoms with Gasteiger partial charge in [-0.3, -0.25) is 9.59 Å². The third-order valence-electron chi connectivity index (χ3n) is 9.55. The predicted octanol–water partition coefficient (Wildman–Crippen LogP) is 7.08. The number of fused-ring (bicyclic) bond motifs is 8. The Hall–Kier alpha value is -5.25. The van der Waals surface area contributed by atoms with E-state index in [1.165, 1.54) is 0 Å². The van der Waals surface area contributed by atoms with E-state index >= 15 is 0 Å². The monoisotopic (exact) mass is 723 g/mol. The minimum Gasteiger partial charge on any atom is -0.657 e. The van der Waals surface area contributed by atoms with Gasteiger partial charge in [0.2, 0.25) is 5.91 Å². The van der Waals surface area contributed by atoms with E-state index in [9.17, 15) is 14.7 Å². The maximum atomic E-state index is 13.0. The fourth-order valence-corrected chi connectivity index (χ4v) is 6.62. The molecule has 2 aliphatic heterocycles. The SMILES string of the molecule is C=CC1=C(C)c2cc3[n-]c(cc4nc(cc5[n-]c(cc1n2)c(C)c5CCC(=O)NCCCn1ccnc1)C(CCC(=O)O)=C4C)c(C)c3C=C.[Fe+2]. The van der Waals surface area contributed by atoms with Crippen LogP contribution in [0.15, 0.2) is 62.2 Å². The number of hydrogen-bond acceptors (Lipinski definition) is 5. The molecule has 0 aromatic carbocycles. The molecule has 6 rings (SSSR count). The molecule has 0 radical (unpaired) electrons. The normalized spacial score (nSPS) is 12.5. The number of aryl methyl sites for hydroxylation is 4. The Morgan fingerprint density at radius 2 is 1.51 bits per heavy atom. The van der Waals surface area contributed by atoms with Gasteiger partial charge in [0, 0.05) is 43.9 Å². The standard InChI is InChI=1S/C40H43N7O3.Fe/c1-7-27-23(3)31-18-32-26(6)30(11-13-40(49)50)38(45-32)21-37-29(10-12-39(48)42-14-9-16-47-17-15-41-22-47)25(5)34(46-37)20-36-28(8-2)24(4)33(44-36)19-35(27)43-31;/h7-8,15,17-22H,1-2,9-14,16H2,3-6H3,(H4,42,43,44,45,46,48,49,50);/q;+2/p-2. The van der Waals surface area contributed by atoms with Crippen LogP contribution >= 0.6 is 0 Å². The van der Waals surface area contributed by atoms with Crippen molar-refractivity contribution >= 4 is 62.3 Å². The van der Waals surface area contributed by atoms with E-state index in [0.29, 0.717) is 30.6 Å². The fraction of sp³-hybridized carbons (Fsp3) is 0.275. The Balaban J connectivity index is 0.00000504. The number of carbonyl (C=O) groups is 2. The van der Waals surface area contributed by atoms with E-state index in [2.05, 4.69) is 23.5 Å². The third-order valence-corrected chi connectivity index (χ3v) is 9.55. The molecule has 2 N–H and O–H groups in total. The van der Waals surface area contributed by atoms with Crippen molar-refractivity contribution in [1.29, 1.82) is 0 Å². The molecule has 0 unspecified atom stereocenters. The molecule has 51 heavy (non-hydrogen) atoms. The van der Waals surface area contributed by atoms with E-state index in [1.54, 1.807) is 12.5 Å². The molecule has 2 aliphatic rings. The molecule has 0 saturated carbocycles. The van der Waals surface area contributed by atoms with Gasteiger partial charge in [-0.15, -0.1) is 22.1 Å². The minimum absolute atomic E-state index is 0. The van der Waals surface area contributed by atoms with Crippen LogP contribution in [-0.4, -0.2) is 43.0 Å². The van der Waals surface area contributed by atoms with Crippen LogP contribution in [0.4, 0.5) is 0 Å². The number of imidazole rings is 1. The summed E-state index contributed by atoms with van der Waals surface area (Å²) in [6, 6.07) is 7.83. The van der Waals surface area contributed by atoms with Crippen LogP contribution in [0.5, 0.6) is 0 Å². The zero-order valence-electron chi connectivity index (χ0n) is 29.4. The van der Waals surface area contributed by atoms with Gasteiger partial charge in [0.05, 0.1) is 29.1 Å². The Morgan fingerprint density at radius 3 is 2.22 bits per heavy atom. The second-order valence-electron chi connectivity index (χ2n) is 12.7. The maximum Gasteiger partial charge on any atom is 2.00 e. The second kappa shape index (κ2) is 15.7. The molecule has 11 heteroatoms. The quantitative estimate of drug-likeness (QED) is 0.117. The number of carboxylic acids is 1. The summed E-state index contributed by atoms with van der Waals surface area (Å²) < 4.78 is 1.98. The molecule has 4 aromatic heterocycles. The average Bonchev–Trinajstić information content (AvgIpc) is 3.88.